The second-order valence-corrected chi connectivity index (χ2v) is 8.34. The Hall–Kier alpha value is -1.60. The lowest BCUT2D eigenvalue weighted by Crippen LogP contribution is -2.23. The van der Waals surface area contributed by atoms with Crippen LogP contribution in [0.3, 0.4) is 0 Å². The van der Waals surface area contributed by atoms with Gasteiger partial charge in [0.25, 0.3) is 5.56 Å². The number of allylic oxidation sites excluding steroid dienone is 1. The number of rotatable bonds is 6. The van der Waals surface area contributed by atoms with Gasteiger partial charge in [-0.1, -0.05) is 24.8 Å². The third-order valence-corrected chi connectivity index (χ3v) is 6.40. The summed E-state index contributed by atoms with van der Waals surface area (Å²) < 4.78 is 1.66. The van der Waals surface area contributed by atoms with E-state index in [0.717, 1.165) is 29.5 Å². The van der Waals surface area contributed by atoms with Gasteiger partial charge in [0, 0.05) is 23.6 Å². The summed E-state index contributed by atoms with van der Waals surface area (Å²) in [7, 11) is 0. The molecule has 1 unspecified atom stereocenters. The molecule has 1 aliphatic carbocycles. The number of primary amides is 1. The van der Waals surface area contributed by atoms with Crippen molar-refractivity contribution in [2.75, 3.05) is 5.75 Å². The molecule has 2 N–H and O–H groups in total. The van der Waals surface area contributed by atoms with Gasteiger partial charge in [-0.3, -0.25) is 14.2 Å². The van der Waals surface area contributed by atoms with Crippen LogP contribution < -0.4 is 11.3 Å². The molecule has 1 atom stereocenters. The van der Waals surface area contributed by atoms with Crippen LogP contribution in [0.15, 0.2) is 22.6 Å². The lowest BCUT2D eigenvalue weighted by Gasteiger charge is -2.17. The number of nitrogens with two attached hydrogens (primary N) is 1. The number of amides is 1. The molecule has 2 aromatic heterocycles. The van der Waals surface area contributed by atoms with E-state index < -0.39 is 0 Å². The van der Waals surface area contributed by atoms with E-state index in [-0.39, 0.29) is 17.9 Å². The van der Waals surface area contributed by atoms with E-state index in [0.29, 0.717) is 23.4 Å². The first-order chi connectivity index (χ1) is 11.5. The summed E-state index contributed by atoms with van der Waals surface area (Å²) in [6, 6.07) is 0. The summed E-state index contributed by atoms with van der Waals surface area (Å²) >= 11 is 3.04. The summed E-state index contributed by atoms with van der Waals surface area (Å²) in [6.45, 7) is 6.41. The van der Waals surface area contributed by atoms with Crippen molar-refractivity contribution in [3.05, 3.63) is 33.4 Å². The molecule has 1 aliphatic rings. The number of hydrogen-bond acceptors (Lipinski definition) is 5. The fraction of sp³-hybridized carbons (Fsp3) is 0.471. The lowest BCUT2D eigenvalue weighted by atomic mass is 9.89. The van der Waals surface area contributed by atoms with Crippen LogP contribution in [0.5, 0.6) is 0 Å². The van der Waals surface area contributed by atoms with Crippen molar-refractivity contribution < 1.29 is 4.79 Å². The minimum absolute atomic E-state index is 0.00790. The molecular formula is C17H21N3O2S2. The number of hydrogen-bond donors (Lipinski definition) is 1. The monoisotopic (exact) mass is 363 g/mol. The van der Waals surface area contributed by atoms with Crippen molar-refractivity contribution >= 4 is 39.2 Å². The van der Waals surface area contributed by atoms with Crippen LogP contribution >= 0.6 is 23.1 Å². The predicted molar refractivity (Wildman–Crippen MR) is 99.8 cm³/mol. The molecule has 0 spiro atoms. The molecule has 0 bridgehead atoms. The summed E-state index contributed by atoms with van der Waals surface area (Å²) in [5.74, 6) is 0.833. The summed E-state index contributed by atoms with van der Waals surface area (Å²) in [4.78, 5) is 30.8. The highest BCUT2D eigenvalue weighted by Crippen LogP contribution is 2.36. The average Bonchev–Trinajstić information content (AvgIpc) is 2.87. The first-order valence-corrected chi connectivity index (χ1v) is 9.88. The summed E-state index contributed by atoms with van der Waals surface area (Å²) in [5.41, 5.74) is 6.40. The molecule has 0 saturated carbocycles. The molecule has 0 fully saturated rings. The van der Waals surface area contributed by atoms with E-state index in [1.165, 1.54) is 22.2 Å². The van der Waals surface area contributed by atoms with Gasteiger partial charge in [0.2, 0.25) is 5.91 Å². The zero-order valence-electron chi connectivity index (χ0n) is 13.7. The highest BCUT2D eigenvalue weighted by Gasteiger charge is 2.24. The maximum absolute atomic E-state index is 13.0. The third kappa shape index (κ3) is 3.28. The van der Waals surface area contributed by atoms with E-state index in [9.17, 15) is 9.59 Å². The van der Waals surface area contributed by atoms with Crippen LogP contribution in [-0.4, -0.2) is 21.2 Å². The van der Waals surface area contributed by atoms with E-state index >= 15 is 0 Å². The molecule has 2 aromatic rings. The number of nitrogens with zero attached hydrogens (tertiary/aromatic N) is 2. The molecule has 0 aromatic carbocycles. The van der Waals surface area contributed by atoms with E-state index in [2.05, 4.69) is 13.5 Å². The van der Waals surface area contributed by atoms with Gasteiger partial charge in [-0.25, -0.2) is 4.98 Å². The molecule has 1 amide bonds. The molecule has 0 saturated heterocycles. The minimum atomic E-state index is -0.346. The Balaban J connectivity index is 2.08. The molecule has 0 aliphatic heterocycles. The van der Waals surface area contributed by atoms with Crippen molar-refractivity contribution in [2.45, 2.75) is 44.3 Å². The third-order valence-electron chi connectivity index (χ3n) is 4.27. The standard InChI is InChI=1S/C17H21N3O2S2/c1-3-7-20-16(22)14-11-5-4-10(2)9-12(11)24-15(14)19-17(20)23-8-6-13(18)21/h3,10H,1,4-9H2,2H3,(H2,18,21). The van der Waals surface area contributed by atoms with E-state index in [1.54, 1.807) is 22.0 Å². The molecule has 128 valence electrons. The number of thioether (sulfide) groups is 1. The SMILES string of the molecule is C=CCn1c(SCCC(N)=O)nc2sc3c(c2c1=O)CCC(C)C3. The fourth-order valence-corrected chi connectivity index (χ4v) is 5.43. The normalized spacial score (nSPS) is 17.0. The van der Waals surface area contributed by atoms with Crippen LogP contribution in [0.1, 0.15) is 30.2 Å². The summed E-state index contributed by atoms with van der Waals surface area (Å²) in [5, 5.41) is 1.42. The smallest absolute Gasteiger partial charge is 0.263 e. The number of aryl methyl sites for hydroxylation is 1. The maximum atomic E-state index is 13.0. The predicted octanol–water partition coefficient (Wildman–Crippen LogP) is 2.74. The Morgan fingerprint density at radius 1 is 1.58 bits per heavy atom. The van der Waals surface area contributed by atoms with Gasteiger partial charge < -0.3 is 5.73 Å². The highest BCUT2D eigenvalue weighted by atomic mass is 32.2. The minimum Gasteiger partial charge on any atom is -0.370 e. The molecule has 0 radical (unpaired) electrons. The van der Waals surface area contributed by atoms with Crippen molar-refractivity contribution in [3.63, 3.8) is 0 Å². The first kappa shape index (κ1) is 17.2. The topological polar surface area (TPSA) is 78.0 Å². The van der Waals surface area contributed by atoms with Gasteiger partial charge in [0.1, 0.15) is 4.83 Å². The van der Waals surface area contributed by atoms with Gasteiger partial charge in [0.15, 0.2) is 5.16 Å². The molecule has 3 rings (SSSR count). The lowest BCUT2D eigenvalue weighted by molar-refractivity contribution is -0.117. The van der Waals surface area contributed by atoms with E-state index in [1.807, 2.05) is 0 Å². The van der Waals surface area contributed by atoms with Crippen LogP contribution in [0.4, 0.5) is 0 Å². The Morgan fingerprint density at radius 3 is 3.08 bits per heavy atom. The van der Waals surface area contributed by atoms with Crippen molar-refractivity contribution in [2.24, 2.45) is 11.7 Å². The number of thiophene rings is 1. The van der Waals surface area contributed by atoms with Crippen molar-refractivity contribution in [1.29, 1.82) is 0 Å². The number of carbonyl (C=O) groups is 1. The second-order valence-electron chi connectivity index (χ2n) is 6.20. The van der Waals surface area contributed by atoms with Gasteiger partial charge in [-0.05, 0) is 30.7 Å². The molecule has 5 nitrogen and oxygen atoms in total. The Morgan fingerprint density at radius 2 is 2.38 bits per heavy atom. The van der Waals surface area contributed by atoms with Crippen LogP contribution in [-0.2, 0) is 24.2 Å². The highest BCUT2D eigenvalue weighted by molar-refractivity contribution is 7.99. The Bertz CT molecular complexity index is 854. The van der Waals surface area contributed by atoms with Gasteiger partial charge in [-0.2, -0.15) is 0 Å². The Kier molecular flexibility index (Phi) is 5.10. The van der Waals surface area contributed by atoms with E-state index in [4.69, 9.17) is 10.7 Å². The average molecular weight is 364 g/mol. The maximum Gasteiger partial charge on any atom is 0.263 e. The van der Waals surface area contributed by atoms with Crippen LogP contribution in [0.25, 0.3) is 10.2 Å². The number of fused-ring (bicyclic) bond motifs is 3. The quantitative estimate of drug-likeness (QED) is 0.486. The van der Waals surface area contributed by atoms with Crippen molar-refractivity contribution in [1.82, 2.24) is 9.55 Å². The van der Waals surface area contributed by atoms with Gasteiger partial charge >= 0.3 is 0 Å². The molecule has 24 heavy (non-hydrogen) atoms. The first-order valence-electron chi connectivity index (χ1n) is 8.08. The largest absolute Gasteiger partial charge is 0.370 e. The molecule has 7 heteroatoms. The summed E-state index contributed by atoms with van der Waals surface area (Å²) in [6.07, 6.45) is 5.07. The zero-order valence-corrected chi connectivity index (χ0v) is 15.3. The second kappa shape index (κ2) is 7.11. The van der Waals surface area contributed by atoms with Crippen LogP contribution in [0, 0.1) is 5.92 Å². The molecule has 2 heterocycles. The zero-order chi connectivity index (χ0) is 17.3. The molecular weight excluding hydrogens is 342 g/mol. The van der Waals surface area contributed by atoms with Crippen LogP contribution in [0.2, 0.25) is 0 Å². The van der Waals surface area contributed by atoms with Gasteiger partial charge in [-0.15, -0.1) is 17.9 Å². The van der Waals surface area contributed by atoms with Crippen molar-refractivity contribution in [3.8, 4) is 0 Å². The Labute approximate surface area is 149 Å². The van der Waals surface area contributed by atoms with Gasteiger partial charge in [0.05, 0.1) is 5.39 Å². The number of aromatic nitrogens is 2. The fourth-order valence-electron chi connectivity index (χ4n) is 3.05. The number of carbonyl (C=O) groups excluding carboxylic acids is 1.